The number of methoxy groups -OCH3 is 1. The van der Waals surface area contributed by atoms with Crippen molar-refractivity contribution in [3.63, 3.8) is 0 Å². The third kappa shape index (κ3) is 2.19. The fourth-order valence-corrected chi connectivity index (χ4v) is 3.88. The highest BCUT2D eigenvalue weighted by atomic mass is 16.5. The Morgan fingerprint density at radius 1 is 1.22 bits per heavy atom. The van der Waals surface area contributed by atoms with Gasteiger partial charge < -0.3 is 10.1 Å². The van der Waals surface area contributed by atoms with Gasteiger partial charge in [-0.1, -0.05) is 36.4 Å². The normalized spacial score (nSPS) is 24.3. The Morgan fingerprint density at radius 3 is 2.91 bits per heavy atom. The maximum atomic E-state index is 9.45. The molecule has 23 heavy (non-hydrogen) atoms. The average molecular weight is 302 g/mol. The van der Waals surface area contributed by atoms with Gasteiger partial charge in [-0.25, -0.2) is 0 Å². The number of fused-ring (bicyclic) bond motifs is 3. The summed E-state index contributed by atoms with van der Waals surface area (Å²) in [5.41, 5.74) is 4.15. The van der Waals surface area contributed by atoms with Crippen molar-refractivity contribution in [2.75, 3.05) is 12.4 Å². The van der Waals surface area contributed by atoms with Gasteiger partial charge in [-0.05, 0) is 41.7 Å². The Morgan fingerprint density at radius 2 is 2.09 bits per heavy atom. The number of rotatable bonds is 2. The van der Waals surface area contributed by atoms with Gasteiger partial charge >= 0.3 is 0 Å². The zero-order valence-electron chi connectivity index (χ0n) is 13.0. The molecule has 0 radical (unpaired) electrons. The number of nitrogens with one attached hydrogen (secondary N) is 1. The van der Waals surface area contributed by atoms with Crippen LogP contribution in [-0.2, 0) is 0 Å². The van der Waals surface area contributed by atoms with Gasteiger partial charge in [0.15, 0.2) is 0 Å². The van der Waals surface area contributed by atoms with E-state index in [1.807, 2.05) is 24.3 Å². The lowest BCUT2D eigenvalue weighted by Gasteiger charge is -2.38. The standard InChI is InChI=1S/C20H18N2O/c1-23-15-7-2-5-13(11-15)19-17-10-4-8-16(17)18-9-3-6-14(12-21)20(18)22-19/h2-9,11,16-17,19,22H,10H2,1H3. The quantitative estimate of drug-likeness (QED) is 0.837. The SMILES string of the molecule is COc1cccc(C2Nc3c(C#N)cccc3C3C=CCC32)c1. The van der Waals surface area contributed by atoms with Crippen molar-refractivity contribution in [3.8, 4) is 11.8 Å². The molecule has 1 aliphatic carbocycles. The number of anilines is 1. The monoisotopic (exact) mass is 302 g/mol. The summed E-state index contributed by atoms with van der Waals surface area (Å²) in [6.45, 7) is 0. The summed E-state index contributed by atoms with van der Waals surface area (Å²) in [6, 6.07) is 16.7. The van der Waals surface area contributed by atoms with Crippen molar-refractivity contribution < 1.29 is 4.74 Å². The lowest BCUT2D eigenvalue weighted by atomic mass is 9.76. The van der Waals surface area contributed by atoms with E-state index in [1.165, 1.54) is 11.1 Å². The molecular formula is C20H18N2O. The Bertz CT molecular complexity index is 819. The van der Waals surface area contributed by atoms with E-state index < -0.39 is 0 Å². The van der Waals surface area contributed by atoms with Crippen LogP contribution in [-0.4, -0.2) is 7.11 Å². The molecule has 0 amide bonds. The first-order valence-corrected chi connectivity index (χ1v) is 7.92. The first kappa shape index (κ1) is 13.9. The molecule has 3 unspecified atom stereocenters. The minimum atomic E-state index is 0.187. The molecule has 3 atom stereocenters. The lowest BCUT2D eigenvalue weighted by Crippen LogP contribution is -2.29. The van der Waals surface area contributed by atoms with Crippen LogP contribution in [0.1, 0.15) is 35.1 Å². The van der Waals surface area contributed by atoms with Crippen LogP contribution in [0.25, 0.3) is 0 Å². The summed E-state index contributed by atoms with van der Waals surface area (Å²) in [6.07, 6.45) is 5.60. The molecule has 2 aromatic rings. The fourth-order valence-electron chi connectivity index (χ4n) is 3.88. The van der Waals surface area contributed by atoms with E-state index in [1.54, 1.807) is 7.11 Å². The van der Waals surface area contributed by atoms with E-state index in [4.69, 9.17) is 4.74 Å². The summed E-state index contributed by atoms with van der Waals surface area (Å²) >= 11 is 0. The van der Waals surface area contributed by atoms with Gasteiger partial charge in [0.05, 0.1) is 24.4 Å². The maximum Gasteiger partial charge on any atom is 0.119 e. The summed E-state index contributed by atoms with van der Waals surface area (Å²) in [4.78, 5) is 0. The molecule has 1 heterocycles. The van der Waals surface area contributed by atoms with Crippen LogP contribution in [0.15, 0.2) is 54.6 Å². The van der Waals surface area contributed by atoms with Crippen LogP contribution in [0.4, 0.5) is 5.69 Å². The van der Waals surface area contributed by atoms with Crippen LogP contribution in [0.5, 0.6) is 5.75 Å². The molecule has 0 saturated heterocycles. The Kier molecular flexibility index (Phi) is 3.31. The van der Waals surface area contributed by atoms with Crippen molar-refractivity contribution in [1.29, 1.82) is 5.26 Å². The van der Waals surface area contributed by atoms with Crippen molar-refractivity contribution in [2.45, 2.75) is 18.4 Å². The van der Waals surface area contributed by atoms with Gasteiger partial charge in [0, 0.05) is 5.92 Å². The number of ether oxygens (including phenoxy) is 1. The van der Waals surface area contributed by atoms with Gasteiger partial charge in [-0.15, -0.1) is 0 Å². The zero-order chi connectivity index (χ0) is 15.8. The molecular weight excluding hydrogens is 284 g/mol. The topological polar surface area (TPSA) is 45.0 Å². The second kappa shape index (κ2) is 5.48. The number of allylic oxidation sites excluding steroid dienone is 2. The van der Waals surface area contributed by atoms with Gasteiger partial charge in [-0.2, -0.15) is 5.26 Å². The predicted molar refractivity (Wildman–Crippen MR) is 90.5 cm³/mol. The van der Waals surface area contributed by atoms with Crippen LogP contribution in [0, 0.1) is 17.2 Å². The Labute approximate surface area is 136 Å². The predicted octanol–water partition coefficient (Wildman–Crippen LogP) is 4.39. The zero-order valence-corrected chi connectivity index (χ0v) is 13.0. The second-order valence-corrected chi connectivity index (χ2v) is 6.13. The van der Waals surface area contributed by atoms with E-state index in [-0.39, 0.29) is 6.04 Å². The fraction of sp³-hybridized carbons (Fsp3) is 0.250. The molecule has 0 aromatic heterocycles. The summed E-state index contributed by atoms with van der Waals surface area (Å²) in [5, 5.41) is 13.1. The largest absolute Gasteiger partial charge is 0.497 e. The molecule has 1 aliphatic heterocycles. The summed E-state index contributed by atoms with van der Waals surface area (Å²) in [7, 11) is 1.69. The second-order valence-electron chi connectivity index (χ2n) is 6.13. The first-order chi connectivity index (χ1) is 11.3. The van der Waals surface area contributed by atoms with Gasteiger partial charge in [0.2, 0.25) is 0 Å². The van der Waals surface area contributed by atoms with E-state index >= 15 is 0 Å². The lowest BCUT2D eigenvalue weighted by molar-refractivity contribution is 0.406. The van der Waals surface area contributed by atoms with Gasteiger partial charge in [0.25, 0.3) is 0 Å². The number of benzene rings is 2. The number of hydrogen-bond donors (Lipinski definition) is 1. The highest BCUT2D eigenvalue weighted by Gasteiger charge is 2.38. The highest BCUT2D eigenvalue weighted by molar-refractivity contribution is 5.67. The number of nitrogens with zero attached hydrogens (tertiary/aromatic N) is 1. The molecule has 3 heteroatoms. The molecule has 2 aliphatic rings. The number of para-hydroxylation sites is 1. The number of nitriles is 1. The molecule has 0 spiro atoms. The van der Waals surface area contributed by atoms with Crippen LogP contribution >= 0.6 is 0 Å². The van der Waals surface area contributed by atoms with E-state index in [0.29, 0.717) is 17.4 Å². The molecule has 1 N–H and O–H groups in total. The van der Waals surface area contributed by atoms with Crippen LogP contribution in [0.3, 0.4) is 0 Å². The minimum Gasteiger partial charge on any atom is -0.497 e. The van der Waals surface area contributed by atoms with E-state index in [9.17, 15) is 5.26 Å². The van der Waals surface area contributed by atoms with Crippen molar-refractivity contribution >= 4 is 5.69 Å². The van der Waals surface area contributed by atoms with Crippen molar-refractivity contribution in [1.82, 2.24) is 0 Å². The highest BCUT2D eigenvalue weighted by Crippen LogP contribution is 2.50. The molecule has 0 fully saturated rings. The van der Waals surface area contributed by atoms with Crippen LogP contribution < -0.4 is 10.1 Å². The molecule has 0 bridgehead atoms. The Balaban J connectivity index is 1.82. The van der Waals surface area contributed by atoms with E-state index in [0.717, 1.165) is 17.9 Å². The molecule has 2 aromatic carbocycles. The maximum absolute atomic E-state index is 9.45. The van der Waals surface area contributed by atoms with Crippen molar-refractivity contribution in [2.24, 2.45) is 5.92 Å². The molecule has 3 nitrogen and oxygen atoms in total. The third-order valence-electron chi connectivity index (χ3n) is 4.97. The summed E-state index contributed by atoms with van der Waals surface area (Å²) in [5.74, 6) is 1.71. The van der Waals surface area contributed by atoms with Crippen LogP contribution in [0.2, 0.25) is 0 Å². The van der Waals surface area contributed by atoms with E-state index in [2.05, 4.69) is 41.7 Å². The van der Waals surface area contributed by atoms with Gasteiger partial charge in [-0.3, -0.25) is 0 Å². The number of hydrogen-bond acceptors (Lipinski definition) is 3. The molecule has 114 valence electrons. The summed E-state index contributed by atoms with van der Waals surface area (Å²) < 4.78 is 5.38. The van der Waals surface area contributed by atoms with Gasteiger partial charge in [0.1, 0.15) is 11.8 Å². The molecule has 4 rings (SSSR count). The smallest absolute Gasteiger partial charge is 0.119 e. The third-order valence-corrected chi connectivity index (χ3v) is 4.97. The van der Waals surface area contributed by atoms with Crippen molar-refractivity contribution in [3.05, 3.63) is 71.3 Å². The first-order valence-electron chi connectivity index (χ1n) is 7.92. The Hall–Kier alpha value is -2.73. The molecule has 0 saturated carbocycles. The average Bonchev–Trinajstić information content (AvgIpc) is 3.10. The minimum absolute atomic E-state index is 0.187.